The molecular formula is C17H26BrNO3S. The van der Waals surface area contributed by atoms with Gasteiger partial charge in [-0.1, -0.05) is 61.7 Å². The highest BCUT2D eigenvalue weighted by Crippen LogP contribution is 2.24. The zero-order valence-electron chi connectivity index (χ0n) is 14.1. The Balaban J connectivity index is 2.53. The molecule has 0 aliphatic heterocycles. The van der Waals surface area contributed by atoms with Crippen LogP contribution in [-0.4, -0.2) is 32.4 Å². The molecule has 0 heterocycles. The van der Waals surface area contributed by atoms with E-state index < -0.39 is 21.5 Å². The van der Waals surface area contributed by atoms with Gasteiger partial charge >= 0.3 is 0 Å². The van der Waals surface area contributed by atoms with E-state index in [-0.39, 0.29) is 11.2 Å². The van der Waals surface area contributed by atoms with E-state index in [0.29, 0.717) is 13.0 Å². The Morgan fingerprint density at radius 3 is 2.35 bits per heavy atom. The summed E-state index contributed by atoms with van der Waals surface area (Å²) in [6.07, 6.45) is 2.46. The first-order valence-electron chi connectivity index (χ1n) is 7.89. The van der Waals surface area contributed by atoms with Crippen LogP contribution in [0.3, 0.4) is 0 Å². The van der Waals surface area contributed by atoms with Gasteiger partial charge in [0.15, 0.2) is 9.84 Å². The molecule has 6 heteroatoms. The Morgan fingerprint density at radius 1 is 1.17 bits per heavy atom. The fourth-order valence-corrected chi connectivity index (χ4v) is 3.77. The fraction of sp³-hybridized carbons (Fsp3) is 0.588. The van der Waals surface area contributed by atoms with Crippen molar-refractivity contribution in [3.8, 4) is 0 Å². The van der Waals surface area contributed by atoms with Gasteiger partial charge in [-0.05, 0) is 24.1 Å². The third-order valence-electron chi connectivity index (χ3n) is 3.76. The first kappa shape index (κ1) is 20.2. The lowest BCUT2D eigenvalue weighted by atomic mass is 9.84. The van der Waals surface area contributed by atoms with Crippen molar-refractivity contribution >= 4 is 31.7 Å². The molecule has 1 aromatic rings. The molecule has 0 spiro atoms. The number of carbonyl (C=O) groups is 1. The van der Waals surface area contributed by atoms with Crippen LogP contribution in [-0.2, 0) is 20.0 Å². The van der Waals surface area contributed by atoms with Crippen LogP contribution in [0.5, 0.6) is 0 Å². The lowest BCUT2D eigenvalue weighted by Crippen LogP contribution is -2.39. The number of unbranched alkanes of at least 4 members (excludes halogenated alkanes) is 2. The van der Waals surface area contributed by atoms with Gasteiger partial charge in [0.1, 0.15) is 5.75 Å². The lowest BCUT2D eigenvalue weighted by molar-refractivity contribution is -0.118. The number of carbonyl (C=O) groups excluding carboxylic acids is 1. The Hall–Kier alpha value is -0.880. The fourth-order valence-electron chi connectivity index (χ4n) is 2.22. The number of rotatable bonds is 9. The summed E-state index contributed by atoms with van der Waals surface area (Å²) >= 11 is 3.40. The van der Waals surface area contributed by atoms with Gasteiger partial charge in [-0.2, -0.15) is 0 Å². The summed E-state index contributed by atoms with van der Waals surface area (Å²) < 4.78 is 24.8. The second kappa shape index (κ2) is 8.83. The molecule has 1 rings (SSSR count). The minimum atomic E-state index is -3.31. The van der Waals surface area contributed by atoms with Gasteiger partial charge in [0.05, 0.1) is 5.75 Å². The summed E-state index contributed by atoms with van der Waals surface area (Å²) in [4.78, 5) is 11.9. The number of nitrogens with one attached hydrogen (secondary N) is 1. The van der Waals surface area contributed by atoms with Crippen molar-refractivity contribution in [3.63, 3.8) is 0 Å². The van der Waals surface area contributed by atoms with Gasteiger partial charge in [-0.15, -0.1) is 0 Å². The monoisotopic (exact) mass is 403 g/mol. The molecular weight excluding hydrogens is 378 g/mol. The first-order valence-corrected chi connectivity index (χ1v) is 10.5. The molecule has 0 atom stereocenters. The number of benzene rings is 1. The molecule has 1 aromatic carbocycles. The van der Waals surface area contributed by atoms with Gasteiger partial charge in [0, 0.05) is 16.4 Å². The third-order valence-corrected chi connectivity index (χ3v) is 5.90. The van der Waals surface area contributed by atoms with Crippen molar-refractivity contribution in [1.82, 2.24) is 5.32 Å². The summed E-state index contributed by atoms with van der Waals surface area (Å²) in [7, 11) is -3.31. The average Bonchev–Trinajstić information content (AvgIpc) is 2.45. The first-order chi connectivity index (χ1) is 10.7. The zero-order chi connectivity index (χ0) is 17.5. The van der Waals surface area contributed by atoms with Crippen molar-refractivity contribution < 1.29 is 13.2 Å². The molecule has 0 fully saturated rings. The topological polar surface area (TPSA) is 63.2 Å². The highest BCUT2D eigenvalue weighted by atomic mass is 79.9. The Labute approximate surface area is 148 Å². The van der Waals surface area contributed by atoms with Gasteiger partial charge in [-0.25, -0.2) is 8.42 Å². The van der Waals surface area contributed by atoms with Gasteiger partial charge < -0.3 is 5.32 Å². The summed E-state index contributed by atoms with van der Waals surface area (Å²) in [5, 5.41) is 2.75. The molecule has 0 radical (unpaired) electrons. The molecule has 0 bridgehead atoms. The smallest absolute Gasteiger partial charge is 0.235 e. The molecule has 1 N–H and O–H groups in total. The van der Waals surface area contributed by atoms with Crippen LogP contribution in [0.25, 0.3) is 0 Å². The molecule has 23 heavy (non-hydrogen) atoms. The Kier molecular flexibility index (Phi) is 7.74. The van der Waals surface area contributed by atoms with E-state index in [1.165, 1.54) is 0 Å². The Bertz CT molecular complexity index is 609. The van der Waals surface area contributed by atoms with E-state index in [9.17, 15) is 13.2 Å². The predicted molar refractivity (Wildman–Crippen MR) is 98.4 cm³/mol. The average molecular weight is 404 g/mol. The van der Waals surface area contributed by atoms with Crippen LogP contribution in [0, 0.1) is 0 Å². The molecule has 1 amide bonds. The molecule has 0 aromatic heterocycles. The Morgan fingerprint density at radius 2 is 1.78 bits per heavy atom. The van der Waals surface area contributed by atoms with Gasteiger partial charge in [-0.3, -0.25) is 4.79 Å². The molecule has 0 unspecified atom stereocenters. The maximum atomic E-state index is 11.9. The summed E-state index contributed by atoms with van der Waals surface area (Å²) in [5.74, 6) is -0.760. The van der Waals surface area contributed by atoms with Crippen LogP contribution in [0.2, 0.25) is 0 Å². The van der Waals surface area contributed by atoms with E-state index in [2.05, 4.69) is 21.2 Å². The minimum absolute atomic E-state index is 0.0877. The van der Waals surface area contributed by atoms with Crippen molar-refractivity contribution in [1.29, 1.82) is 0 Å². The van der Waals surface area contributed by atoms with Crippen LogP contribution < -0.4 is 5.32 Å². The predicted octanol–water partition coefficient (Wildman–Crippen LogP) is 3.45. The minimum Gasteiger partial charge on any atom is -0.354 e. The lowest BCUT2D eigenvalue weighted by Gasteiger charge is -2.25. The third kappa shape index (κ3) is 7.48. The quantitative estimate of drug-likeness (QED) is 0.642. The number of sulfone groups is 1. The maximum Gasteiger partial charge on any atom is 0.235 e. The van der Waals surface area contributed by atoms with E-state index in [4.69, 9.17) is 0 Å². The summed E-state index contributed by atoms with van der Waals surface area (Å²) in [6.45, 7) is 6.46. The van der Waals surface area contributed by atoms with Gasteiger partial charge in [0.2, 0.25) is 5.91 Å². The summed E-state index contributed by atoms with van der Waals surface area (Å²) in [6, 6.07) is 7.91. The largest absolute Gasteiger partial charge is 0.354 e. The number of hydrogen-bond donors (Lipinski definition) is 1. The van der Waals surface area contributed by atoms with Crippen molar-refractivity contribution in [2.45, 2.75) is 45.4 Å². The molecule has 0 aliphatic carbocycles. The highest BCUT2D eigenvalue weighted by molar-refractivity contribution is 9.10. The standard InChI is InChI=1S/C17H26BrNO3S/c1-4-5-6-11-23(21,22)12-16(20)19-13-17(2,3)14-7-9-15(18)10-8-14/h7-10H,4-6,11-13H2,1-3H3,(H,19,20). The molecule has 0 saturated heterocycles. The van der Waals surface area contributed by atoms with Crippen LogP contribution in [0.15, 0.2) is 28.7 Å². The second-order valence-corrected chi connectivity index (χ2v) is 9.57. The second-order valence-electron chi connectivity index (χ2n) is 6.47. The molecule has 0 saturated carbocycles. The highest BCUT2D eigenvalue weighted by Gasteiger charge is 2.23. The number of amides is 1. The van der Waals surface area contributed by atoms with Crippen molar-refractivity contribution in [3.05, 3.63) is 34.3 Å². The summed E-state index contributed by atoms with van der Waals surface area (Å²) in [5.41, 5.74) is 0.828. The van der Waals surface area contributed by atoms with Crippen molar-refractivity contribution in [2.75, 3.05) is 18.1 Å². The maximum absolute atomic E-state index is 11.9. The van der Waals surface area contributed by atoms with Gasteiger partial charge in [0.25, 0.3) is 0 Å². The number of hydrogen-bond acceptors (Lipinski definition) is 3. The molecule has 0 aliphatic rings. The van der Waals surface area contributed by atoms with E-state index in [1.54, 1.807) is 0 Å². The van der Waals surface area contributed by atoms with Crippen LogP contribution in [0.4, 0.5) is 0 Å². The van der Waals surface area contributed by atoms with Crippen LogP contribution in [0.1, 0.15) is 45.6 Å². The molecule has 130 valence electrons. The SMILES string of the molecule is CCCCCS(=O)(=O)CC(=O)NCC(C)(C)c1ccc(Br)cc1. The normalized spacial score (nSPS) is 12.2. The molecule has 4 nitrogen and oxygen atoms in total. The van der Waals surface area contributed by atoms with Crippen molar-refractivity contribution in [2.24, 2.45) is 0 Å². The zero-order valence-corrected chi connectivity index (χ0v) is 16.5. The van der Waals surface area contributed by atoms with E-state index >= 15 is 0 Å². The van der Waals surface area contributed by atoms with E-state index in [1.807, 2.05) is 45.0 Å². The van der Waals surface area contributed by atoms with Crippen LogP contribution >= 0.6 is 15.9 Å². The number of halogens is 1. The van der Waals surface area contributed by atoms with E-state index in [0.717, 1.165) is 22.9 Å².